The number of aromatic hydroxyl groups is 1. The minimum absolute atomic E-state index is 0.0161. The third kappa shape index (κ3) is 5.42. The predicted octanol–water partition coefficient (Wildman–Crippen LogP) is 1.37. The number of carbonyl (C=O) groups excluding carboxylic acids is 1. The second kappa shape index (κ2) is 7.63. The molecule has 21 heavy (non-hydrogen) atoms. The van der Waals surface area contributed by atoms with Crippen molar-refractivity contribution in [2.45, 2.75) is 18.6 Å². The zero-order valence-electron chi connectivity index (χ0n) is 11.8. The van der Waals surface area contributed by atoms with Crippen molar-refractivity contribution in [3.8, 4) is 5.75 Å². The van der Waals surface area contributed by atoms with Crippen molar-refractivity contribution >= 4 is 28.5 Å². The summed E-state index contributed by atoms with van der Waals surface area (Å²) >= 11 is 0. The fourth-order valence-corrected chi connectivity index (χ4v) is 1.97. The lowest BCUT2D eigenvalue weighted by molar-refractivity contribution is 0.0693. The van der Waals surface area contributed by atoms with Crippen molar-refractivity contribution in [3.05, 3.63) is 23.8 Å². The summed E-state index contributed by atoms with van der Waals surface area (Å²) < 4.78 is 11.1. The number of carboxylic acids is 1. The van der Waals surface area contributed by atoms with Gasteiger partial charge >= 0.3 is 12.0 Å². The van der Waals surface area contributed by atoms with Gasteiger partial charge in [-0.3, -0.25) is 4.21 Å². The molecule has 0 radical (unpaired) electrons. The topological polar surface area (TPSA) is 116 Å². The van der Waals surface area contributed by atoms with Crippen LogP contribution in [-0.2, 0) is 10.8 Å². The average molecular weight is 314 g/mol. The first-order valence-electron chi connectivity index (χ1n) is 6.24. The molecule has 1 rings (SSSR count). The Morgan fingerprint density at radius 2 is 2.05 bits per heavy atom. The van der Waals surface area contributed by atoms with Gasteiger partial charge < -0.3 is 20.8 Å². The Morgan fingerprint density at radius 3 is 2.62 bits per heavy atom. The summed E-state index contributed by atoms with van der Waals surface area (Å²) in [6, 6.07) is 3.26. The van der Waals surface area contributed by atoms with Crippen LogP contribution in [0, 0.1) is 0 Å². The summed E-state index contributed by atoms with van der Waals surface area (Å²) in [4.78, 5) is 22.5. The third-order valence-electron chi connectivity index (χ3n) is 2.89. The standard InChI is InChI=1S/C13H18N2O5S/c1-8(21(2)20)5-6-14-13(19)15-9-3-4-11(16)10(7-9)12(17)18/h3-4,7-8,16H,5-6H2,1-2H3,(H,17,18)(H2,14,15,19). The lowest BCUT2D eigenvalue weighted by atomic mass is 10.2. The van der Waals surface area contributed by atoms with Gasteiger partial charge in [-0.25, -0.2) is 9.59 Å². The summed E-state index contributed by atoms with van der Waals surface area (Å²) in [6.45, 7) is 2.19. The van der Waals surface area contributed by atoms with Gasteiger partial charge in [-0.2, -0.15) is 0 Å². The maximum atomic E-state index is 11.6. The SMILES string of the molecule is CC(CCNC(=O)Nc1ccc(O)c(C(=O)O)c1)S(C)=O. The smallest absolute Gasteiger partial charge is 0.339 e. The molecule has 0 spiro atoms. The Kier molecular flexibility index (Phi) is 6.16. The van der Waals surface area contributed by atoms with Gasteiger partial charge in [0.1, 0.15) is 11.3 Å². The molecule has 2 amide bonds. The zero-order chi connectivity index (χ0) is 16.0. The van der Waals surface area contributed by atoms with E-state index < -0.39 is 22.8 Å². The molecule has 8 heteroatoms. The van der Waals surface area contributed by atoms with Crippen molar-refractivity contribution in [1.29, 1.82) is 0 Å². The zero-order valence-corrected chi connectivity index (χ0v) is 12.6. The van der Waals surface area contributed by atoms with Crippen LogP contribution in [0.2, 0.25) is 0 Å². The molecule has 1 aromatic rings. The van der Waals surface area contributed by atoms with Crippen molar-refractivity contribution in [3.63, 3.8) is 0 Å². The van der Waals surface area contributed by atoms with Crippen LogP contribution >= 0.6 is 0 Å². The molecule has 0 aromatic heterocycles. The van der Waals surface area contributed by atoms with Gasteiger partial charge in [0.2, 0.25) is 0 Å². The van der Waals surface area contributed by atoms with Crippen molar-refractivity contribution in [1.82, 2.24) is 5.32 Å². The number of benzene rings is 1. The fourth-order valence-electron chi connectivity index (χ4n) is 1.52. The lowest BCUT2D eigenvalue weighted by Crippen LogP contribution is -2.31. The summed E-state index contributed by atoms with van der Waals surface area (Å²) in [5, 5.41) is 23.3. The molecular weight excluding hydrogens is 296 g/mol. The number of anilines is 1. The Labute approximate surface area is 124 Å². The van der Waals surface area contributed by atoms with Gasteiger partial charge in [0.15, 0.2) is 0 Å². The van der Waals surface area contributed by atoms with Gasteiger partial charge in [-0.15, -0.1) is 0 Å². The monoisotopic (exact) mass is 314 g/mol. The molecule has 2 unspecified atom stereocenters. The molecule has 1 aromatic carbocycles. The average Bonchev–Trinajstić information content (AvgIpc) is 2.40. The van der Waals surface area contributed by atoms with Gasteiger partial charge in [-0.1, -0.05) is 6.92 Å². The number of nitrogens with one attached hydrogen (secondary N) is 2. The Hall–Kier alpha value is -2.09. The molecule has 0 bridgehead atoms. The van der Waals surface area contributed by atoms with Crippen molar-refractivity contribution in [2.24, 2.45) is 0 Å². The predicted molar refractivity (Wildman–Crippen MR) is 80.2 cm³/mol. The van der Waals surface area contributed by atoms with E-state index in [2.05, 4.69) is 10.6 Å². The van der Waals surface area contributed by atoms with Gasteiger partial charge in [-0.05, 0) is 24.6 Å². The molecule has 0 aliphatic heterocycles. The second-order valence-electron chi connectivity index (χ2n) is 4.52. The van der Waals surface area contributed by atoms with Crippen molar-refractivity contribution < 1.29 is 24.0 Å². The highest BCUT2D eigenvalue weighted by Gasteiger charge is 2.12. The Balaban J connectivity index is 2.54. The van der Waals surface area contributed by atoms with Gasteiger partial charge in [0, 0.05) is 34.5 Å². The van der Waals surface area contributed by atoms with E-state index in [-0.39, 0.29) is 22.3 Å². The largest absolute Gasteiger partial charge is 0.507 e. The number of phenols is 1. The van der Waals surface area contributed by atoms with E-state index in [1.165, 1.54) is 18.2 Å². The summed E-state index contributed by atoms with van der Waals surface area (Å²) in [5.74, 6) is -1.65. The van der Waals surface area contributed by atoms with Crippen LogP contribution in [0.1, 0.15) is 23.7 Å². The molecule has 116 valence electrons. The molecule has 7 nitrogen and oxygen atoms in total. The molecule has 0 heterocycles. The molecule has 0 fully saturated rings. The van der Waals surface area contributed by atoms with E-state index in [4.69, 9.17) is 5.11 Å². The first kappa shape index (κ1) is 17.0. The van der Waals surface area contributed by atoms with Gasteiger partial charge in [0.05, 0.1) is 0 Å². The van der Waals surface area contributed by atoms with Crippen LogP contribution in [-0.4, -0.2) is 44.5 Å². The first-order valence-corrected chi connectivity index (χ1v) is 7.86. The minimum Gasteiger partial charge on any atom is -0.507 e. The number of amides is 2. The molecule has 0 saturated carbocycles. The van der Waals surface area contributed by atoms with Crippen LogP contribution in [0.15, 0.2) is 18.2 Å². The highest BCUT2D eigenvalue weighted by molar-refractivity contribution is 7.84. The van der Waals surface area contributed by atoms with Crippen LogP contribution in [0.25, 0.3) is 0 Å². The maximum absolute atomic E-state index is 11.6. The molecule has 4 N–H and O–H groups in total. The quantitative estimate of drug-likeness (QED) is 0.592. The number of hydrogen-bond donors (Lipinski definition) is 4. The molecule has 0 aliphatic carbocycles. The van der Waals surface area contributed by atoms with Crippen LogP contribution < -0.4 is 10.6 Å². The molecule has 0 aliphatic rings. The fraction of sp³-hybridized carbons (Fsp3) is 0.385. The van der Waals surface area contributed by atoms with E-state index in [0.717, 1.165) is 0 Å². The van der Waals surface area contributed by atoms with Crippen molar-refractivity contribution in [2.75, 3.05) is 18.1 Å². The third-order valence-corrected chi connectivity index (χ3v) is 4.26. The van der Waals surface area contributed by atoms with Gasteiger partial charge in [0.25, 0.3) is 0 Å². The summed E-state index contributed by atoms with van der Waals surface area (Å²) in [7, 11) is -0.939. The van der Waals surface area contributed by atoms with Crippen LogP contribution in [0.3, 0.4) is 0 Å². The van der Waals surface area contributed by atoms with E-state index in [1.54, 1.807) is 6.26 Å². The highest BCUT2D eigenvalue weighted by Crippen LogP contribution is 2.21. The Morgan fingerprint density at radius 1 is 1.38 bits per heavy atom. The maximum Gasteiger partial charge on any atom is 0.339 e. The molecule has 2 atom stereocenters. The molecule has 0 saturated heterocycles. The van der Waals surface area contributed by atoms with E-state index in [1.807, 2.05) is 6.92 Å². The number of hydrogen-bond acceptors (Lipinski definition) is 4. The number of urea groups is 1. The molecular formula is C13H18N2O5S. The van der Waals surface area contributed by atoms with E-state index in [0.29, 0.717) is 13.0 Å². The van der Waals surface area contributed by atoms with E-state index >= 15 is 0 Å². The second-order valence-corrected chi connectivity index (χ2v) is 6.32. The van der Waals surface area contributed by atoms with E-state index in [9.17, 15) is 18.9 Å². The summed E-state index contributed by atoms with van der Waals surface area (Å²) in [5.41, 5.74) is -0.0300. The van der Waals surface area contributed by atoms with Crippen LogP contribution in [0.5, 0.6) is 5.75 Å². The number of carboxylic acid groups (broad SMARTS) is 1. The normalized spacial score (nSPS) is 13.2. The highest BCUT2D eigenvalue weighted by atomic mass is 32.2. The number of aromatic carboxylic acids is 1. The number of carbonyl (C=O) groups is 2. The lowest BCUT2D eigenvalue weighted by Gasteiger charge is -2.11. The first-order chi connectivity index (χ1) is 9.81. The summed E-state index contributed by atoms with van der Waals surface area (Å²) in [6.07, 6.45) is 2.18. The number of rotatable bonds is 6. The van der Waals surface area contributed by atoms with Crippen LogP contribution in [0.4, 0.5) is 10.5 Å². The minimum atomic E-state index is -1.28. The Bertz CT molecular complexity index is 561.